The normalized spacial score (nSPS) is 19.0. The zero-order valence-electron chi connectivity index (χ0n) is 15.1. The minimum absolute atomic E-state index is 0.127. The monoisotopic (exact) mass is 313 g/mol. The Morgan fingerprint density at radius 3 is 2.50 bits per heavy atom. The maximum Gasteiger partial charge on any atom is 0.407 e. The largest absolute Gasteiger partial charge is 0.444 e. The Bertz CT molecular complexity index is 320. The predicted octanol–water partition coefficient (Wildman–Crippen LogP) is 2.75. The minimum Gasteiger partial charge on any atom is -0.444 e. The van der Waals surface area contributed by atoms with Crippen LogP contribution in [0.2, 0.25) is 0 Å². The van der Waals surface area contributed by atoms with E-state index in [0.29, 0.717) is 6.04 Å². The Kier molecular flexibility index (Phi) is 8.18. The molecule has 2 N–H and O–H groups in total. The van der Waals surface area contributed by atoms with Crippen molar-refractivity contribution in [2.45, 2.75) is 78.0 Å². The van der Waals surface area contributed by atoms with Gasteiger partial charge in [-0.1, -0.05) is 6.92 Å². The molecule has 1 aliphatic heterocycles. The number of piperidine rings is 1. The van der Waals surface area contributed by atoms with Gasteiger partial charge in [0, 0.05) is 12.1 Å². The summed E-state index contributed by atoms with van der Waals surface area (Å²) in [6.45, 7) is 14.5. The molecular weight excluding hydrogens is 278 g/mol. The molecule has 5 heteroatoms. The van der Waals surface area contributed by atoms with Gasteiger partial charge in [-0.2, -0.15) is 0 Å². The van der Waals surface area contributed by atoms with Gasteiger partial charge in [-0.15, -0.1) is 0 Å². The van der Waals surface area contributed by atoms with Crippen LogP contribution in [0.4, 0.5) is 4.79 Å². The number of carbonyl (C=O) groups is 1. The molecule has 5 nitrogen and oxygen atoms in total. The summed E-state index contributed by atoms with van der Waals surface area (Å²) in [4.78, 5) is 14.2. The number of amides is 1. The molecule has 0 aliphatic carbocycles. The third-order valence-electron chi connectivity index (χ3n) is 3.90. The van der Waals surface area contributed by atoms with Gasteiger partial charge in [0.2, 0.25) is 0 Å². The van der Waals surface area contributed by atoms with Gasteiger partial charge >= 0.3 is 6.09 Å². The first-order valence-electron chi connectivity index (χ1n) is 8.75. The molecule has 0 aromatic heterocycles. The summed E-state index contributed by atoms with van der Waals surface area (Å²) in [7, 11) is 0. The van der Waals surface area contributed by atoms with E-state index in [9.17, 15) is 4.79 Å². The van der Waals surface area contributed by atoms with Crippen LogP contribution in [0.3, 0.4) is 0 Å². The fourth-order valence-electron chi connectivity index (χ4n) is 2.76. The Morgan fingerprint density at radius 2 is 1.95 bits per heavy atom. The lowest BCUT2D eigenvalue weighted by molar-refractivity contribution is 0.0506. The van der Waals surface area contributed by atoms with Gasteiger partial charge in [0.15, 0.2) is 0 Å². The number of ether oxygens (including phenoxy) is 1. The highest BCUT2D eigenvalue weighted by Gasteiger charge is 2.19. The van der Waals surface area contributed by atoms with Gasteiger partial charge in [0.1, 0.15) is 5.60 Å². The Morgan fingerprint density at radius 1 is 1.32 bits per heavy atom. The molecule has 0 saturated carbocycles. The molecule has 1 aliphatic rings. The molecule has 0 radical (unpaired) electrons. The molecular formula is C17H35N3O2. The van der Waals surface area contributed by atoms with Gasteiger partial charge in [-0.05, 0) is 79.6 Å². The standard InChI is InChI=1S/C17H35N3O2/c1-6-11-20-12-8-15(9-13-20)18-10-7-14(2)19-16(21)22-17(3,4)5/h14-15,18H,6-13H2,1-5H3,(H,19,21). The summed E-state index contributed by atoms with van der Waals surface area (Å²) < 4.78 is 5.26. The molecule has 130 valence electrons. The maximum absolute atomic E-state index is 11.7. The van der Waals surface area contributed by atoms with Crippen LogP contribution in [-0.4, -0.2) is 54.9 Å². The van der Waals surface area contributed by atoms with E-state index in [1.165, 1.54) is 38.9 Å². The van der Waals surface area contributed by atoms with E-state index in [1.807, 2.05) is 27.7 Å². The molecule has 22 heavy (non-hydrogen) atoms. The van der Waals surface area contributed by atoms with Crippen LogP contribution in [0, 0.1) is 0 Å². The van der Waals surface area contributed by atoms with Crippen LogP contribution in [0.25, 0.3) is 0 Å². The number of nitrogens with one attached hydrogen (secondary N) is 2. The first-order valence-corrected chi connectivity index (χ1v) is 8.75. The second kappa shape index (κ2) is 9.36. The molecule has 1 saturated heterocycles. The third kappa shape index (κ3) is 8.59. The number of nitrogens with zero attached hydrogens (tertiary/aromatic N) is 1. The van der Waals surface area contributed by atoms with Crippen LogP contribution >= 0.6 is 0 Å². The van der Waals surface area contributed by atoms with Gasteiger partial charge < -0.3 is 20.3 Å². The molecule has 1 atom stereocenters. The van der Waals surface area contributed by atoms with E-state index >= 15 is 0 Å². The van der Waals surface area contributed by atoms with Crippen molar-refractivity contribution in [3.8, 4) is 0 Å². The maximum atomic E-state index is 11.7. The van der Waals surface area contributed by atoms with Gasteiger partial charge in [0.25, 0.3) is 0 Å². The van der Waals surface area contributed by atoms with E-state index in [-0.39, 0.29) is 12.1 Å². The average molecular weight is 313 g/mol. The fourth-order valence-corrected chi connectivity index (χ4v) is 2.76. The predicted molar refractivity (Wildman–Crippen MR) is 91.2 cm³/mol. The molecule has 0 aromatic rings. The van der Waals surface area contributed by atoms with Crippen LogP contribution < -0.4 is 10.6 Å². The summed E-state index contributed by atoms with van der Waals surface area (Å²) in [6.07, 6.45) is 4.30. The zero-order chi connectivity index (χ0) is 16.6. The number of rotatable bonds is 7. The third-order valence-corrected chi connectivity index (χ3v) is 3.90. The molecule has 1 rings (SSSR count). The van der Waals surface area contributed by atoms with Crippen molar-refractivity contribution >= 4 is 6.09 Å². The lowest BCUT2D eigenvalue weighted by atomic mass is 10.0. The van der Waals surface area contributed by atoms with Crippen LogP contribution in [0.15, 0.2) is 0 Å². The summed E-state index contributed by atoms with van der Waals surface area (Å²) >= 11 is 0. The Hall–Kier alpha value is -0.810. The van der Waals surface area contributed by atoms with E-state index in [4.69, 9.17) is 4.74 Å². The van der Waals surface area contributed by atoms with Crippen LogP contribution in [0.5, 0.6) is 0 Å². The van der Waals surface area contributed by atoms with Crippen molar-refractivity contribution in [1.82, 2.24) is 15.5 Å². The lowest BCUT2D eigenvalue weighted by Gasteiger charge is -2.32. The summed E-state index contributed by atoms with van der Waals surface area (Å²) in [5.41, 5.74) is -0.436. The van der Waals surface area contributed by atoms with Gasteiger partial charge in [-0.25, -0.2) is 4.79 Å². The second-order valence-electron chi connectivity index (χ2n) is 7.41. The van der Waals surface area contributed by atoms with Crippen LogP contribution in [-0.2, 0) is 4.74 Å². The number of hydrogen-bond donors (Lipinski definition) is 2. The zero-order valence-corrected chi connectivity index (χ0v) is 15.1. The molecule has 1 fully saturated rings. The fraction of sp³-hybridized carbons (Fsp3) is 0.941. The number of alkyl carbamates (subject to hydrolysis) is 1. The van der Waals surface area contributed by atoms with Crippen molar-refractivity contribution in [3.63, 3.8) is 0 Å². The van der Waals surface area contributed by atoms with Crippen molar-refractivity contribution in [3.05, 3.63) is 0 Å². The second-order valence-corrected chi connectivity index (χ2v) is 7.41. The number of hydrogen-bond acceptors (Lipinski definition) is 4. The summed E-state index contributed by atoms with van der Waals surface area (Å²) in [6, 6.07) is 0.754. The molecule has 0 bridgehead atoms. The van der Waals surface area contributed by atoms with E-state index in [2.05, 4.69) is 22.5 Å². The Balaban J connectivity index is 2.10. The van der Waals surface area contributed by atoms with Crippen LogP contribution in [0.1, 0.15) is 60.3 Å². The van der Waals surface area contributed by atoms with Crippen molar-refractivity contribution in [1.29, 1.82) is 0 Å². The molecule has 0 spiro atoms. The van der Waals surface area contributed by atoms with Gasteiger partial charge in [0.05, 0.1) is 0 Å². The molecule has 1 amide bonds. The summed E-state index contributed by atoms with van der Waals surface area (Å²) in [5, 5.41) is 6.51. The highest BCUT2D eigenvalue weighted by Crippen LogP contribution is 2.11. The smallest absolute Gasteiger partial charge is 0.407 e. The minimum atomic E-state index is -0.436. The quantitative estimate of drug-likeness (QED) is 0.759. The highest BCUT2D eigenvalue weighted by molar-refractivity contribution is 5.67. The highest BCUT2D eigenvalue weighted by atomic mass is 16.6. The molecule has 1 heterocycles. The van der Waals surface area contributed by atoms with E-state index in [0.717, 1.165) is 13.0 Å². The van der Waals surface area contributed by atoms with E-state index in [1.54, 1.807) is 0 Å². The SMILES string of the molecule is CCCN1CCC(NCCC(C)NC(=O)OC(C)(C)C)CC1. The average Bonchev–Trinajstić information content (AvgIpc) is 2.38. The van der Waals surface area contributed by atoms with Gasteiger partial charge in [-0.3, -0.25) is 0 Å². The number of likely N-dealkylation sites (tertiary alicyclic amines) is 1. The Labute approximate surface area is 136 Å². The van der Waals surface area contributed by atoms with Crippen molar-refractivity contribution < 1.29 is 9.53 Å². The lowest BCUT2D eigenvalue weighted by Crippen LogP contribution is -2.44. The van der Waals surface area contributed by atoms with Crippen molar-refractivity contribution in [2.75, 3.05) is 26.2 Å². The topological polar surface area (TPSA) is 53.6 Å². The van der Waals surface area contributed by atoms with E-state index < -0.39 is 5.60 Å². The molecule has 1 unspecified atom stereocenters. The molecule has 0 aromatic carbocycles. The summed E-state index contributed by atoms with van der Waals surface area (Å²) in [5.74, 6) is 0. The first-order chi connectivity index (χ1) is 10.3. The first kappa shape index (κ1) is 19.2. The van der Waals surface area contributed by atoms with Crippen molar-refractivity contribution in [2.24, 2.45) is 0 Å². The number of carbonyl (C=O) groups excluding carboxylic acids is 1.